The molecule has 80 valence electrons. The molecule has 2 N–H and O–H groups in total. The molecule has 5 heteroatoms. The van der Waals surface area contributed by atoms with Crippen LogP contribution in [0.25, 0.3) is 0 Å². The number of methoxy groups -OCH3 is 1. The number of nitrogens with zero attached hydrogens (tertiary/aromatic N) is 1. The Morgan fingerprint density at radius 3 is 2.47 bits per heavy atom. The molecule has 0 aliphatic rings. The first kappa shape index (κ1) is 11.0. The summed E-state index contributed by atoms with van der Waals surface area (Å²) in [6, 6.07) is 7.34. The zero-order chi connectivity index (χ0) is 11.3. The van der Waals surface area contributed by atoms with Gasteiger partial charge in [-0.15, -0.1) is 0 Å². The lowest BCUT2D eigenvalue weighted by molar-refractivity contribution is 0.0753. The monoisotopic (exact) mass is 208 g/mol. The summed E-state index contributed by atoms with van der Waals surface area (Å²) in [5.74, 6) is 0.125. The van der Waals surface area contributed by atoms with Crippen LogP contribution in [0.1, 0.15) is 11.1 Å². The lowest BCUT2D eigenvalue weighted by atomic mass is 10.1. The molecule has 0 spiro atoms. The molecule has 0 saturated heterocycles. The van der Waals surface area contributed by atoms with Gasteiger partial charge < -0.3 is 10.5 Å². The molecule has 0 aliphatic carbocycles. The number of benzene rings is 1. The normalized spacial score (nSPS) is 10.9. The van der Waals surface area contributed by atoms with Crippen molar-refractivity contribution in [1.29, 1.82) is 0 Å². The summed E-state index contributed by atoms with van der Waals surface area (Å²) in [5.41, 5.74) is 7.36. The molecule has 0 aromatic heterocycles. The average molecular weight is 208 g/mol. The van der Waals surface area contributed by atoms with E-state index < -0.39 is 6.16 Å². The molecule has 0 unspecified atom stereocenters. The largest absolute Gasteiger partial charge is 0.534 e. The fourth-order valence-electron chi connectivity index (χ4n) is 0.901. The van der Waals surface area contributed by atoms with Crippen LogP contribution < -0.4 is 5.73 Å². The molecular formula is C10H12N2O3. The molecule has 0 saturated carbocycles. The maximum atomic E-state index is 10.6. The van der Waals surface area contributed by atoms with Gasteiger partial charge in [-0.25, -0.2) is 4.79 Å². The molecule has 1 aromatic rings. The Bertz CT molecular complexity index is 371. The third-order valence-corrected chi connectivity index (χ3v) is 1.73. The van der Waals surface area contributed by atoms with Crippen molar-refractivity contribution in [3.63, 3.8) is 0 Å². The molecule has 0 radical (unpaired) electrons. The zero-order valence-corrected chi connectivity index (χ0v) is 8.56. The first-order chi connectivity index (χ1) is 7.13. The fraction of sp³-hybridized carbons (Fsp3) is 0.200. The van der Waals surface area contributed by atoms with E-state index in [1.807, 2.05) is 19.1 Å². The third kappa shape index (κ3) is 3.30. The van der Waals surface area contributed by atoms with Crippen LogP contribution in [-0.4, -0.2) is 19.1 Å². The summed E-state index contributed by atoms with van der Waals surface area (Å²) in [6.07, 6.45) is -0.898. The van der Waals surface area contributed by atoms with Crippen LogP contribution in [-0.2, 0) is 9.57 Å². The topological polar surface area (TPSA) is 73.9 Å². The molecule has 15 heavy (non-hydrogen) atoms. The fourth-order valence-corrected chi connectivity index (χ4v) is 0.901. The van der Waals surface area contributed by atoms with Crippen molar-refractivity contribution >= 4 is 12.0 Å². The number of carbonyl (C=O) groups excluding carboxylic acids is 1. The smallest absolute Gasteiger partial charge is 0.436 e. The Morgan fingerprint density at radius 1 is 1.33 bits per heavy atom. The Kier molecular flexibility index (Phi) is 3.68. The lowest BCUT2D eigenvalue weighted by Gasteiger charge is -2.00. The van der Waals surface area contributed by atoms with Gasteiger partial charge in [0.15, 0.2) is 5.84 Å². The Morgan fingerprint density at radius 2 is 1.93 bits per heavy atom. The summed E-state index contributed by atoms with van der Waals surface area (Å²) in [5, 5.41) is 3.41. The van der Waals surface area contributed by atoms with Crippen LogP contribution in [0.3, 0.4) is 0 Å². The molecule has 0 amide bonds. The van der Waals surface area contributed by atoms with Gasteiger partial charge in [0.25, 0.3) is 0 Å². The number of ether oxygens (including phenoxy) is 1. The van der Waals surface area contributed by atoms with Gasteiger partial charge in [-0.3, -0.25) is 4.84 Å². The third-order valence-electron chi connectivity index (χ3n) is 1.73. The van der Waals surface area contributed by atoms with Crippen LogP contribution in [0.2, 0.25) is 0 Å². The van der Waals surface area contributed by atoms with Crippen molar-refractivity contribution in [2.75, 3.05) is 7.11 Å². The van der Waals surface area contributed by atoms with E-state index in [1.54, 1.807) is 12.1 Å². The van der Waals surface area contributed by atoms with Gasteiger partial charge in [-0.05, 0) is 6.92 Å². The van der Waals surface area contributed by atoms with Gasteiger partial charge in [0, 0.05) is 5.56 Å². The Balaban J connectivity index is 2.71. The van der Waals surface area contributed by atoms with Gasteiger partial charge in [0.1, 0.15) is 0 Å². The lowest BCUT2D eigenvalue weighted by Crippen LogP contribution is -2.15. The predicted molar refractivity (Wildman–Crippen MR) is 55.4 cm³/mol. The maximum Gasteiger partial charge on any atom is 0.534 e. The first-order valence-electron chi connectivity index (χ1n) is 4.29. The predicted octanol–water partition coefficient (Wildman–Crippen LogP) is 1.40. The summed E-state index contributed by atoms with van der Waals surface area (Å²) in [7, 11) is 1.19. The highest BCUT2D eigenvalue weighted by Crippen LogP contribution is 2.02. The summed E-state index contributed by atoms with van der Waals surface area (Å²) < 4.78 is 4.23. The van der Waals surface area contributed by atoms with Crippen LogP contribution in [0.5, 0.6) is 0 Å². The second-order valence-corrected chi connectivity index (χ2v) is 2.89. The van der Waals surface area contributed by atoms with Gasteiger partial charge in [-0.2, -0.15) is 0 Å². The second kappa shape index (κ2) is 4.99. The van der Waals surface area contributed by atoms with E-state index in [0.29, 0.717) is 5.56 Å². The van der Waals surface area contributed by atoms with E-state index in [1.165, 1.54) is 7.11 Å². The van der Waals surface area contributed by atoms with Crippen molar-refractivity contribution in [1.82, 2.24) is 0 Å². The van der Waals surface area contributed by atoms with Gasteiger partial charge in [-0.1, -0.05) is 35.0 Å². The van der Waals surface area contributed by atoms with Gasteiger partial charge >= 0.3 is 6.16 Å². The maximum absolute atomic E-state index is 10.6. The van der Waals surface area contributed by atoms with Crippen molar-refractivity contribution in [3.8, 4) is 0 Å². The van der Waals surface area contributed by atoms with Crippen LogP contribution in [0, 0.1) is 6.92 Å². The molecule has 0 atom stereocenters. The number of amidine groups is 1. The molecule has 0 bridgehead atoms. The minimum atomic E-state index is -0.898. The first-order valence-corrected chi connectivity index (χ1v) is 4.29. The number of rotatable bonds is 2. The zero-order valence-electron chi connectivity index (χ0n) is 8.56. The van der Waals surface area contributed by atoms with E-state index in [-0.39, 0.29) is 5.84 Å². The van der Waals surface area contributed by atoms with E-state index in [0.717, 1.165) is 5.56 Å². The average Bonchev–Trinajstić information content (AvgIpc) is 2.26. The highest BCUT2D eigenvalue weighted by Gasteiger charge is 2.02. The Labute approximate surface area is 87.5 Å². The summed E-state index contributed by atoms with van der Waals surface area (Å²) in [4.78, 5) is 14.9. The van der Waals surface area contributed by atoms with Gasteiger partial charge in [0.2, 0.25) is 0 Å². The van der Waals surface area contributed by atoms with Gasteiger partial charge in [0.05, 0.1) is 7.11 Å². The number of carbonyl (C=O) groups is 1. The molecular weight excluding hydrogens is 196 g/mol. The SMILES string of the molecule is COC(=O)O/N=C(\N)c1ccc(C)cc1. The molecule has 0 heterocycles. The van der Waals surface area contributed by atoms with E-state index >= 15 is 0 Å². The van der Waals surface area contributed by atoms with E-state index in [9.17, 15) is 4.79 Å². The number of oxime groups is 1. The number of nitrogens with two attached hydrogens (primary N) is 1. The molecule has 1 aromatic carbocycles. The minimum Gasteiger partial charge on any atom is -0.436 e. The molecule has 0 fully saturated rings. The van der Waals surface area contributed by atoms with Crippen LogP contribution in [0.4, 0.5) is 4.79 Å². The van der Waals surface area contributed by atoms with Crippen molar-refractivity contribution < 1.29 is 14.4 Å². The van der Waals surface area contributed by atoms with E-state index in [4.69, 9.17) is 5.73 Å². The quantitative estimate of drug-likeness (QED) is 0.262. The number of aryl methyl sites for hydroxylation is 1. The number of hydrogen-bond donors (Lipinski definition) is 1. The second-order valence-electron chi connectivity index (χ2n) is 2.89. The van der Waals surface area contributed by atoms with Crippen molar-refractivity contribution in [3.05, 3.63) is 35.4 Å². The number of hydrogen-bond acceptors (Lipinski definition) is 4. The van der Waals surface area contributed by atoms with Crippen molar-refractivity contribution in [2.45, 2.75) is 6.92 Å². The molecule has 0 aliphatic heterocycles. The molecule has 1 rings (SSSR count). The van der Waals surface area contributed by atoms with Crippen LogP contribution >= 0.6 is 0 Å². The minimum absolute atomic E-state index is 0.125. The van der Waals surface area contributed by atoms with Crippen molar-refractivity contribution in [2.24, 2.45) is 10.9 Å². The van der Waals surface area contributed by atoms with E-state index in [2.05, 4.69) is 14.7 Å². The molecule has 5 nitrogen and oxygen atoms in total. The summed E-state index contributed by atoms with van der Waals surface area (Å²) >= 11 is 0. The highest BCUT2D eigenvalue weighted by molar-refractivity contribution is 5.97. The highest BCUT2D eigenvalue weighted by atomic mass is 16.8. The standard InChI is InChI=1S/C10H12N2O3/c1-7-3-5-8(6-4-7)9(11)12-15-10(13)14-2/h3-6H,1-2H3,(H2,11,12). The van der Waals surface area contributed by atoms with Crippen LogP contribution in [0.15, 0.2) is 29.4 Å². The summed E-state index contributed by atoms with van der Waals surface area (Å²) in [6.45, 7) is 1.96. The Hall–Kier alpha value is -2.04.